The molecule has 0 aliphatic rings. The fourth-order valence-corrected chi connectivity index (χ4v) is 4.69. The zero-order valence-electron chi connectivity index (χ0n) is 15.7. The summed E-state index contributed by atoms with van der Waals surface area (Å²) in [5.74, 6) is 0. The Morgan fingerprint density at radius 1 is 0.897 bits per heavy atom. The molecule has 0 saturated heterocycles. The third kappa shape index (κ3) is 3.96. The number of thiophene rings is 1. The van der Waals surface area contributed by atoms with Gasteiger partial charge in [0, 0.05) is 10.4 Å². The lowest BCUT2D eigenvalue weighted by Crippen LogP contribution is -2.16. The highest BCUT2D eigenvalue weighted by molar-refractivity contribution is 7.18. The molecule has 0 aliphatic carbocycles. The Kier molecular flexibility index (Phi) is 5.49. The minimum atomic E-state index is -1.09. The van der Waals surface area contributed by atoms with Crippen LogP contribution >= 0.6 is 46.1 Å². The van der Waals surface area contributed by atoms with Crippen LogP contribution in [-0.4, -0.2) is 14.9 Å². The fraction of sp³-hybridized carbons (Fsp3) is 0.136. The molecule has 0 amide bonds. The number of halogens is 3. The summed E-state index contributed by atoms with van der Waals surface area (Å²) in [4.78, 5) is 1.96. The molecule has 7 heteroatoms. The molecule has 0 bridgehead atoms. The van der Waals surface area contributed by atoms with Crippen molar-refractivity contribution in [3.63, 3.8) is 0 Å². The van der Waals surface area contributed by atoms with Crippen LogP contribution in [0, 0.1) is 0 Å². The quantitative estimate of drug-likeness (QED) is 0.341. The molecule has 29 heavy (non-hydrogen) atoms. The van der Waals surface area contributed by atoms with Gasteiger partial charge in [-0.15, -0.1) is 11.3 Å². The molecule has 4 aromatic rings. The molecule has 3 nitrogen and oxygen atoms in total. The number of nitrogens with zero attached hydrogens (tertiary/aromatic N) is 2. The maximum absolute atomic E-state index is 10.5. The van der Waals surface area contributed by atoms with Crippen LogP contribution in [0.5, 0.6) is 0 Å². The van der Waals surface area contributed by atoms with Gasteiger partial charge < -0.3 is 5.11 Å². The molecule has 0 fully saturated rings. The number of benzene rings is 2. The molecule has 2 aromatic carbocycles. The van der Waals surface area contributed by atoms with E-state index in [1.54, 1.807) is 35.9 Å². The van der Waals surface area contributed by atoms with Crippen molar-refractivity contribution in [2.75, 3.05) is 0 Å². The van der Waals surface area contributed by atoms with Crippen molar-refractivity contribution >= 4 is 46.1 Å². The minimum absolute atomic E-state index is 0.518. The van der Waals surface area contributed by atoms with Gasteiger partial charge in [0.15, 0.2) is 0 Å². The van der Waals surface area contributed by atoms with Crippen LogP contribution in [0.2, 0.25) is 15.1 Å². The number of hydrogen-bond donors (Lipinski definition) is 1. The predicted molar refractivity (Wildman–Crippen MR) is 123 cm³/mol. The first-order valence-corrected chi connectivity index (χ1v) is 10.8. The average Bonchev–Trinajstić information content (AvgIpc) is 3.31. The number of para-hydroxylation sites is 1. The van der Waals surface area contributed by atoms with Gasteiger partial charge >= 0.3 is 0 Å². The Balaban J connectivity index is 1.87. The van der Waals surface area contributed by atoms with E-state index in [0.29, 0.717) is 20.8 Å². The Bertz CT molecular complexity index is 1190. The predicted octanol–water partition coefficient (Wildman–Crippen LogP) is 7.46. The van der Waals surface area contributed by atoms with Gasteiger partial charge in [-0.1, -0.05) is 59.1 Å². The highest BCUT2D eigenvalue weighted by Gasteiger charge is 2.24. The number of rotatable bonds is 4. The van der Waals surface area contributed by atoms with E-state index in [9.17, 15) is 5.11 Å². The molecule has 0 spiro atoms. The van der Waals surface area contributed by atoms with E-state index >= 15 is 0 Å². The Morgan fingerprint density at radius 2 is 1.59 bits per heavy atom. The van der Waals surface area contributed by atoms with Crippen molar-refractivity contribution in [2.24, 2.45) is 0 Å². The summed E-state index contributed by atoms with van der Waals surface area (Å²) in [5, 5.41) is 16.8. The van der Waals surface area contributed by atoms with Crippen molar-refractivity contribution in [1.82, 2.24) is 9.78 Å². The van der Waals surface area contributed by atoms with E-state index < -0.39 is 5.60 Å². The second-order valence-corrected chi connectivity index (χ2v) is 9.38. The maximum Gasteiger partial charge on any atom is 0.103 e. The fourth-order valence-electron chi connectivity index (χ4n) is 2.98. The van der Waals surface area contributed by atoms with Gasteiger partial charge in [0.2, 0.25) is 0 Å². The largest absolute Gasteiger partial charge is 0.384 e. The van der Waals surface area contributed by atoms with Crippen LogP contribution in [0.25, 0.3) is 26.7 Å². The third-order valence-corrected chi connectivity index (χ3v) is 6.77. The Hall–Kier alpha value is -1.82. The molecule has 2 aromatic heterocycles. The van der Waals surface area contributed by atoms with Crippen molar-refractivity contribution in [3.8, 4) is 26.7 Å². The molecule has 1 N–H and O–H groups in total. The summed E-state index contributed by atoms with van der Waals surface area (Å²) in [7, 11) is 0. The first kappa shape index (κ1) is 20.5. The van der Waals surface area contributed by atoms with Gasteiger partial charge in [0.05, 0.1) is 37.0 Å². The van der Waals surface area contributed by atoms with Crippen molar-refractivity contribution in [3.05, 3.63) is 81.4 Å². The topological polar surface area (TPSA) is 38.0 Å². The van der Waals surface area contributed by atoms with Crippen LogP contribution in [0.1, 0.15) is 19.5 Å². The second kappa shape index (κ2) is 7.78. The zero-order valence-corrected chi connectivity index (χ0v) is 18.7. The van der Waals surface area contributed by atoms with E-state index in [2.05, 4.69) is 5.10 Å². The van der Waals surface area contributed by atoms with Gasteiger partial charge in [0.1, 0.15) is 5.60 Å². The van der Waals surface area contributed by atoms with Gasteiger partial charge in [-0.25, -0.2) is 4.68 Å². The van der Waals surface area contributed by atoms with Gasteiger partial charge in [-0.2, -0.15) is 5.10 Å². The normalized spacial score (nSPS) is 11.8. The van der Waals surface area contributed by atoms with Crippen LogP contribution in [0.3, 0.4) is 0 Å². The molecular weight excluding hydrogens is 447 g/mol. The van der Waals surface area contributed by atoms with Gasteiger partial charge in [0.25, 0.3) is 0 Å². The summed E-state index contributed by atoms with van der Waals surface area (Å²) in [5.41, 5.74) is 1.93. The molecule has 148 valence electrons. The molecule has 0 aliphatic heterocycles. The monoisotopic (exact) mass is 462 g/mol. The Morgan fingerprint density at radius 3 is 2.31 bits per heavy atom. The first-order chi connectivity index (χ1) is 13.8. The third-order valence-electron chi connectivity index (χ3n) is 4.49. The minimum Gasteiger partial charge on any atom is -0.384 e. The lowest BCUT2D eigenvalue weighted by Gasteiger charge is -2.13. The van der Waals surface area contributed by atoms with Crippen LogP contribution in [-0.2, 0) is 5.60 Å². The van der Waals surface area contributed by atoms with Crippen molar-refractivity contribution in [1.29, 1.82) is 0 Å². The van der Waals surface area contributed by atoms with E-state index in [-0.39, 0.29) is 0 Å². The second-order valence-electron chi connectivity index (χ2n) is 7.10. The van der Waals surface area contributed by atoms with E-state index in [1.165, 1.54) is 0 Å². The summed E-state index contributed by atoms with van der Waals surface area (Å²) in [6.07, 6.45) is 0. The van der Waals surface area contributed by atoms with Gasteiger partial charge in [-0.3, -0.25) is 0 Å². The summed E-state index contributed by atoms with van der Waals surface area (Å²) in [6, 6.07) is 19.0. The zero-order chi connectivity index (χ0) is 20.8. The smallest absolute Gasteiger partial charge is 0.103 e. The average molecular weight is 464 g/mol. The molecule has 0 saturated carbocycles. The van der Waals surface area contributed by atoms with Crippen molar-refractivity contribution in [2.45, 2.75) is 19.4 Å². The van der Waals surface area contributed by atoms with E-state index in [4.69, 9.17) is 34.8 Å². The maximum atomic E-state index is 10.5. The molecule has 0 unspecified atom stereocenters. The standard InChI is InChI=1S/C22H17Cl3N2OS/c1-22(2,28)20-12-17(27(26-20)16-9-4-3-7-14(16)23)19-11-10-18(29-19)13-6-5-8-15(24)21(13)25/h3-12,28H,1-2H3. The highest BCUT2D eigenvalue weighted by atomic mass is 35.5. The highest BCUT2D eigenvalue weighted by Crippen LogP contribution is 2.41. The Labute approximate surface area is 188 Å². The summed E-state index contributed by atoms with van der Waals surface area (Å²) < 4.78 is 1.77. The molecule has 2 heterocycles. The molecular formula is C22H17Cl3N2OS. The van der Waals surface area contributed by atoms with Crippen LogP contribution in [0.15, 0.2) is 60.7 Å². The summed E-state index contributed by atoms with van der Waals surface area (Å²) >= 11 is 20.6. The number of aliphatic hydroxyl groups is 1. The lowest BCUT2D eigenvalue weighted by atomic mass is 10.1. The van der Waals surface area contributed by atoms with Crippen LogP contribution < -0.4 is 0 Å². The number of hydrogen-bond acceptors (Lipinski definition) is 3. The first-order valence-electron chi connectivity index (χ1n) is 8.88. The van der Waals surface area contributed by atoms with E-state index in [1.807, 2.05) is 54.6 Å². The number of aromatic nitrogens is 2. The van der Waals surface area contributed by atoms with E-state index in [0.717, 1.165) is 26.7 Å². The summed E-state index contributed by atoms with van der Waals surface area (Å²) in [6.45, 7) is 3.42. The molecule has 0 atom stereocenters. The van der Waals surface area contributed by atoms with Crippen molar-refractivity contribution < 1.29 is 5.11 Å². The van der Waals surface area contributed by atoms with Gasteiger partial charge in [-0.05, 0) is 50.2 Å². The SMILES string of the molecule is CC(C)(O)c1cc(-c2ccc(-c3cccc(Cl)c3Cl)s2)n(-c2ccccc2Cl)n1. The lowest BCUT2D eigenvalue weighted by molar-refractivity contribution is 0.0734. The van der Waals surface area contributed by atoms with Crippen LogP contribution in [0.4, 0.5) is 0 Å². The molecule has 0 radical (unpaired) electrons. The molecule has 4 rings (SSSR count).